The van der Waals surface area contributed by atoms with E-state index in [1.54, 1.807) is 12.1 Å². The Hall–Kier alpha value is -5.75. The van der Waals surface area contributed by atoms with Crippen LogP contribution in [0.25, 0.3) is 0 Å². The van der Waals surface area contributed by atoms with Gasteiger partial charge in [-0.25, -0.2) is 4.79 Å². The van der Waals surface area contributed by atoms with Gasteiger partial charge in [0.05, 0.1) is 55.4 Å². The first-order chi connectivity index (χ1) is 49.4. The number of carbonyl (C=O) groups is 1. The average molecular weight is 1540 g/mol. The van der Waals surface area contributed by atoms with Gasteiger partial charge >= 0.3 is 5.97 Å². The Bertz CT molecular complexity index is 3340. The number of anilines is 2. The minimum absolute atomic E-state index is 0. The summed E-state index contributed by atoms with van der Waals surface area (Å²) in [6.07, 6.45) is -11.2. The van der Waals surface area contributed by atoms with E-state index in [4.69, 9.17) is 37.9 Å². The Morgan fingerprint density at radius 3 is 0.918 bits per heavy atom. The molecule has 2 heterocycles. The third kappa shape index (κ3) is 41.9. The molecular formula is C91H150N2O17. The molecule has 7 rings (SSSR count). The highest BCUT2D eigenvalue weighted by Gasteiger charge is 2.49. The standard InChI is InChI=1S/C22H34O8.C22H36O7.C16H26O.C15H25NO.C15H25N.CH4/c1-21(2,3)10-13-9-12(11-28-22(4,5)6)7-8-14(13)29-20-17(25)15(23)16(24)18(30-20)19(26)27;1-21(2,3)10-14-9-13(12-27-22(4,5)6)7-8-15(14)28-20-19(26)18(25)17(24)16(11-23)29-20;1-15(2,3)11-13-7-9-14(10-8-13)12-17-16(4,5)6;1-14(2,3)16-13-9-7-12(8-10-13)11-17-15(4,5)6;1-14(2,3)11-12-7-9-13(10-8-12)16-15(4,5)6;/h7-9,15-18,20,23-25H,10-11H2,1-6H3,(H,26,27);7-9,16-20,23-26H,10-12H2,1-6H3;7-10H,11-12H2,1-6H3;7-10,16H,11H2,1-6H3;7-10,16H,11H2,1-6H3;1H4. The summed E-state index contributed by atoms with van der Waals surface area (Å²) in [4.78, 5) is 11.3. The molecule has 2 aliphatic heterocycles. The summed E-state index contributed by atoms with van der Waals surface area (Å²) in [5, 5.41) is 85.8. The number of hydrogen-bond donors (Lipinski definition) is 10. The van der Waals surface area contributed by atoms with Crippen molar-refractivity contribution in [3.63, 3.8) is 0 Å². The van der Waals surface area contributed by atoms with Gasteiger partial charge in [0.1, 0.15) is 54.2 Å². The van der Waals surface area contributed by atoms with Crippen molar-refractivity contribution < 1.29 is 83.5 Å². The molecule has 5 aromatic carbocycles. The molecule has 10 unspecified atom stereocenters. The third-order valence-corrected chi connectivity index (χ3v) is 16.0. The molecule has 0 saturated carbocycles. The van der Waals surface area contributed by atoms with E-state index in [-0.39, 0.29) is 51.7 Å². The molecule has 0 amide bonds. The molecule has 5 aromatic rings. The van der Waals surface area contributed by atoms with Crippen LogP contribution in [0.2, 0.25) is 0 Å². The van der Waals surface area contributed by atoms with E-state index < -0.39 is 74.0 Å². The number of carboxylic acids is 1. The highest BCUT2D eigenvalue weighted by atomic mass is 16.7. The Morgan fingerprint density at radius 1 is 0.355 bits per heavy atom. The van der Waals surface area contributed by atoms with Crippen LogP contribution in [0.5, 0.6) is 11.5 Å². The van der Waals surface area contributed by atoms with Gasteiger partial charge < -0.3 is 89.4 Å². The minimum Gasteiger partial charge on any atom is -0.479 e. The van der Waals surface area contributed by atoms with Crippen LogP contribution in [0.15, 0.2) is 109 Å². The van der Waals surface area contributed by atoms with Crippen LogP contribution in [0, 0.1) is 21.7 Å². The van der Waals surface area contributed by atoms with Gasteiger partial charge in [0, 0.05) is 22.5 Å². The molecule has 0 aromatic heterocycles. The van der Waals surface area contributed by atoms with Crippen LogP contribution in [0.3, 0.4) is 0 Å². The first kappa shape index (κ1) is 100. The lowest BCUT2D eigenvalue weighted by atomic mass is 9.87. The Kier molecular flexibility index (Phi) is 38.3. The van der Waals surface area contributed by atoms with Crippen molar-refractivity contribution in [2.24, 2.45) is 21.7 Å². The fourth-order valence-electron chi connectivity index (χ4n) is 11.1. The van der Waals surface area contributed by atoms with Crippen molar-refractivity contribution in [3.8, 4) is 11.5 Å². The summed E-state index contributed by atoms with van der Waals surface area (Å²) in [7, 11) is 0. The second-order valence-corrected chi connectivity index (χ2v) is 40.1. The van der Waals surface area contributed by atoms with E-state index in [9.17, 15) is 45.6 Å². The van der Waals surface area contributed by atoms with Gasteiger partial charge in [0.15, 0.2) is 6.10 Å². The fourth-order valence-corrected chi connectivity index (χ4v) is 11.1. The zero-order chi connectivity index (χ0) is 83.4. The van der Waals surface area contributed by atoms with Crippen molar-refractivity contribution >= 4 is 17.3 Å². The summed E-state index contributed by atoms with van der Waals surface area (Å²) < 4.78 is 45.6. The maximum Gasteiger partial charge on any atom is 0.335 e. The van der Waals surface area contributed by atoms with Gasteiger partial charge in [-0.15, -0.1) is 0 Å². The lowest BCUT2D eigenvalue weighted by Crippen LogP contribution is -2.61. The number of hydrogen-bond acceptors (Lipinski definition) is 18. The maximum atomic E-state index is 11.3. The normalized spacial score (nSPS) is 20.8. The highest BCUT2D eigenvalue weighted by molar-refractivity contribution is 5.73. The minimum atomic E-state index is -1.76. The van der Waals surface area contributed by atoms with Crippen LogP contribution in [0.4, 0.5) is 11.4 Å². The van der Waals surface area contributed by atoms with Crippen LogP contribution in [0.1, 0.15) is 260 Å². The maximum absolute atomic E-state index is 11.3. The van der Waals surface area contributed by atoms with E-state index in [1.165, 1.54) is 27.9 Å². The summed E-state index contributed by atoms with van der Waals surface area (Å²) in [6, 6.07) is 37.2. The van der Waals surface area contributed by atoms with Gasteiger partial charge in [-0.3, -0.25) is 0 Å². The predicted octanol–water partition coefficient (Wildman–Crippen LogP) is 17.6. The molecule has 0 radical (unpaired) electrons. The van der Waals surface area contributed by atoms with Gasteiger partial charge in [0.2, 0.25) is 12.6 Å². The smallest absolute Gasteiger partial charge is 0.335 e. The second kappa shape index (κ2) is 42.0. The molecule has 19 nitrogen and oxygen atoms in total. The quantitative estimate of drug-likeness (QED) is 0.0347. The number of nitrogens with one attached hydrogen (secondary N) is 2. The first-order valence-electron chi connectivity index (χ1n) is 38.6. The van der Waals surface area contributed by atoms with E-state index in [1.807, 2.05) is 65.8 Å². The van der Waals surface area contributed by atoms with Gasteiger partial charge in [0.25, 0.3) is 0 Å². The molecule has 19 heteroatoms. The number of carboxylic acid groups (broad SMARTS) is 1. The molecule has 10 atom stereocenters. The number of aliphatic hydroxyl groups is 7. The summed E-state index contributed by atoms with van der Waals surface area (Å²) >= 11 is 0. The second-order valence-electron chi connectivity index (χ2n) is 40.1. The zero-order valence-corrected chi connectivity index (χ0v) is 72.3. The van der Waals surface area contributed by atoms with Gasteiger partial charge in [-0.1, -0.05) is 151 Å². The molecule has 0 aliphatic carbocycles. The molecule has 0 spiro atoms. The third-order valence-electron chi connectivity index (χ3n) is 16.0. The van der Waals surface area contributed by atoms with Crippen LogP contribution >= 0.6 is 0 Å². The Labute approximate surface area is 663 Å². The predicted molar refractivity (Wildman–Crippen MR) is 446 cm³/mol. The monoisotopic (exact) mass is 1540 g/mol. The van der Waals surface area contributed by atoms with E-state index in [0.717, 1.165) is 40.8 Å². The number of aliphatic carboxylic acids is 1. The number of benzene rings is 5. The molecule has 2 saturated heterocycles. The molecule has 110 heavy (non-hydrogen) atoms. The largest absolute Gasteiger partial charge is 0.479 e. The lowest BCUT2D eigenvalue weighted by Gasteiger charge is -2.39. The van der Waals surface area contributed by atoms with E-state index in [2.05, 4.69) is 250 Å². The van der Waals surface area contributed by atoms with Crippen molar-refractivity contribution in [1.29, 1.82) is 0 Å². The number of ether oxygens (including phenoxy) is 8. The molecule has 2 fully saturated rings. The van der Waals surface area contributed by atoms with Crippen molar-refractivity contribution in [1.82, 2.24) is 0 Å². The Balaban J connectivity index is 0.000000479. The molecular weight excluding hydrogens is 1390 g/mol. The zero-order valence-electron chi connectivity index (χ0n) is 72.3. The average Bonchev–Trinajstić information content (AvgIpc) is 0.800. The van der Waals surface area contributed by atoms with Crippen molar-refractivity contribution in [2.75, 3.05) is 17.2 Å². The van der Waals surface area contributed by atoms with Crippen molar-refractivity contribution in [2.45, 2.75) is 362 Å². The molecule has 626 valence electrons. The van der Waals surface area contributed by atoms with Gasteiger partial charge in [-0.2, -0.15) is 0 Å². The molecule has 0 bridgehead atoms. The van der Waals surface area contributed by atoms with Crippen LogP contribution in [-0.2, 0) is 85.3 Å². The number of rotatable bonds is 20. The molecule has 2 aliphatic rings. The highest BCUT2D eigenvalue weighted by Crippen LogP contribution is 2.36. The summed E-state index contributed by atoms with van der Waals surface area (Å²) in [6.45, 7) is 65.3. The summed E-state index contributed by atoms with van der Waals surface area (Å²) in [5.74, 6) is -0.531. The van der Waals surface area contributed by atoms with Crippen LogP contribution in [-0.4, -0.2) is 148 Å². The SMILES string of the molecule is C.CC(C)(C)Cc1cc(COC(C)(C)C)ccc1OC1OC(C(=O)O)C(O)C(O)C1O.CC(C)(C)Cc1cc(COC(C)(C)C)ccc1OC1OC(CO)C(O)C(O)C1O.CC(C)(C)Cc1ccc(COC(C)(C)C)cc1.CC(C)(C)Cc1ccc(NC(C)(C)C)cc1.CC(C)(C)Nc1ccc(COC(C)(C)C)cc1. The fraction of sp³-hybridized carbons (Fsp3) is 0.659. The molecule has 10 N–H and O–H groups in total. The van der Waals surface area contributed by atoms with E-state index >= 15 is 0 Å². The topological polar surface area (TPSA) is 277 Å². The lowest BCUT2D eigenvalue weighted by molar-refractivity contribution is -0.277. The summed E-state index contributed by atoms with van der Waals surface area (Å²) in [5.41, 5.74) is 11.5. The first-order valence-corrected chi connectivity index (χ1v) is 38.6. The number of aliphatic hydroxyl groups excluding tert-OH is 7. The van der Waals surface area contributed by atoms with E-state index in [0.29, 0.717) is 61.6 Å². The van der Waals surface area contributed by atoms with Crippen molar-refractivity contribution in [3.05, 3.63) is 154 Å². The Morgan fingerprint density at radius 2 is 0.627 bits per heavy atom. The van der Waals surface area contributed by atoms with Crippen LogP contribution < -0.4 is 20.1 Å². The van der Waals surface area contributed by atoms with Gasteiger partial charge in [-0.05, 0) is 265 Å².